The fraction of sp³-hybridized carbons (Fsp3) is 0.538. The zero-order valence-corrected chi connectivity index (χ0v) is 12.1. The maximum atomic E-state index is 5.50. The largest absolute Gasteiger partial charge is 0.496 e. The van der Waals surface area contributed by atoms with Gasteiger partial charge in [0.2, 0.25) is 0 Å². The second-order valence-electron chi connectivity index (χ2n) is 4.03. The molecule has 4 heteroatoms. The summed E-state index contributed by atoms with van der Waals surface area (Å²) < 4.78 is 10.9. The third-order valence-electron chi connectivity index (χ3n) is 3.04. The Hall–Kier alpha value is -1.03. The summed E-state index contributed by atoms with van der Waals surface area (Å²) in [4.78, 5) is 2.13. The number of ether oxygens (including phenoxy) is 2. The standard InChI is InChI=1S/C13H21NO2S/c1-9-10(2)13(16-5)11(8-12(9)15-4)14(3)6-7-17/h8,17H,6-7H2,1-5H3. The van der Waals surface area contributed by atoms with Crippen molar-refractivity contribution >= 4 is 18.3 Å². The van der Waals surface area contributed by atoms with Crippen LogP contribution in [0.5, 0.6) is 11.5 Å². The summed E-state index contributed by atoms with van der Waals surface area (Å²) in [5, 5.41) is 0. The molecule has 0 unspecified atom stereocenters. The van der Waals surface area contributed by atoms with E-state index in [1.165, 1.54) is 0 Å². The van der Waals surface area contributed by atoms with Crippen molar-refractivity contribution in [2.75, 3.05) is 38.5 Å². The smallest absolute Gasteiger partial charge is 0.145 e. The zero-order chi connectivity index (χ0) is 13.0. The molecule has 0 saturated heterocycles. The molecule has 1 aromatic rings. The van der Waals surface area contributed by atoms with E-state index in [-0.39, 0.29) is 0 Å². The SMILES string of the molecule is COc1cc(N(C)CCS)c(OC)c(C)c1C. The molecule has 0 aliphatic carbocycles. The minimum Gasteiger partial charge on any atom is -0.496 e. The number of anilines is 1. The van der Waals surface area contributed by atoms with Crippen LogP contribution in [0.15, 0.2) is 6.07 Å². The molecule has 0 bridgehead atoms. The van der Waals surface area contributed by atoms with Gasteiger partial charge in [0.1, 0.15) is 11.5 Å². The van der Waals surface area contributed by atoms with Crippen LogP contribution < -0.4 is 14.4 Å². The minimum absolute atomic E-state index is 0.800. The van der Waals surface area contributed by atoms with E-state index in [1.807, 2.05) is 20.0 Å². The van der Waals surface area contributed by atoms with Gasteiger partial charge < -0.3 is 14.4 Å². The highest BCUT2D eigenvalue weighted by molar-refractivity contribution is 7.80. The molecule has 0 N–H and O–H groups in total. The van der Waals surface area contributed by atoms with E-state index in [0.29, 0.717) is 0 Å². The van der Waals surface area contributed by atoms with Crippen LogP contribution in [0.4, 0.5) is 5.69 Å². The molecular formula is C13H21NO2S. The summed E-state index contributed by atoms with van der Waals surface area (Å²) in [7, 11) is 5.42. The van der Waals surface area contributed by atoms with Gasteiger partial charge in [-0.1, -0.05) is 0 Å². The van der Waals surface area contributed by atoms with Crippen LogP contribution in [0.1, 0.15) is 11.1 Å². The van der Waals surface area contributed by atoms with Gasteiger partial charge in [0, 0.05) is 25.4 Å². The molecule has 0 atom stereocenters. The normalized spacial score (nSPS) is 10.2. The van der Waals surface area contributed by atoms with Gasteiger partial charge in [-0.2, -0.15) is 12.6 Å². The maximum absolute atomic E-state index is 5.50. The Labute approximate surface area is 109 Å². The third-order valence-corrected chi connectivity index (χ3v) is 3.24. The van der Waals surface area contributed by atoms with Gasteiger partial charge in [-0.25, -0.2) is 0 Å². The fourth-order valence-electron chi connectivity index (χ4n) is 1.87. The zero-order valence-electron chi connectivity index (χ0n) is 11.2. The predicted octanol–water partition coefficient (Wildman–Crippen LogP) is 2.69. The van der Waals surface area contributed by atoms with Gasteiger partial charge in [0.15, 0.2) is 0 Å². The molecule has 0 aromatic heterocycles. The van der Waals surface area contributed by atoms with Crippen LogP contribution in [0.2, 0.25) is 0 Å². The van der Waals surface area contributed by atoms with E-state index >= 15 is 0 Å². The van der Waals surface area contributed by atoms with Gasteiger partial charge in [0.25, 0.3) is 0 Å². The van der Waals surface area contributed by atoms with Gasteiger partial charge in [-0.15, -0.1) is 0 Å². The highest BCUT2D eigenvalue weighted by Crippen LogP contribution is 2.38. The summed E-state index contributed by atoms with van der Waals surface area (Å²) in [6, 6.07) is 2.02. The van der Waals surface area contributed by atoms with Crippen LogP contribution in [0.3, 0.4) is 0 Å². The monoisotopic (exact) mass is 255 g/mol. The van der Waals surface area contributed by atoms with E-state index in [9.17, 15) is 0 Å². The van der Waals surface area contributed by atoms with Crippen molar-refractivity contribution < 1.29 is 9.47 Å². The summed E-state index contributed by atoms with van der Waals surface area (Å²) in [6.45, 7) is 4.96. The molecule has 1 rings (SSSR count). The van der Waals surface area contributed by atoms with E-state index in [2.05, 4.69) is 24.5 Å². The number of nitrogens with zero attached hydrogens (tertiary/aromatic N) is 1. The first-order valence-electron chi connectivity index (χ1n) is 5.61. The molecule has 0 fully saturated rings. The molecule has 0 spiro atoms. The minimum atomic E-state index is 0.800. The lowest BCUT2D eigenvalue weighted by Crippen LogP contribution is -2.20. The Morgan fingerprint density at radius 2 is 1.82 bits per heavy atom. The number of rotatable bonds is 5. The number of benzene rings is 1. The highest BCUT2D eigenvalue weighted by atomic mass is 32.1. The average Bonchev–Trinajstić information content (AvgIpc) is 2.32. The molecule has 0 saturated carbocycles. The van der Waals surface area contributed by atoms with Crippen molar-refractivity contribution in [3.63, 3.8) is 0 Å². The lowest BCUT2D eigenvalue weighted by atomic mass is 10.1. The van der Waals surface area contributed by atoms with E-state index in [1.54, 1.807) is 14.2 Å². The second kappa shape index (κ2) is 6.05. The lowest BCUT2D eigenvalue weighted by molar-refractivity contribution is 0.398. The molecule has 0 amide bonds. The van der Waals surface area contributed by atoms with E-state index in [4.69, 9.17) is 9.47 Å². The summed E-state index contributed by atoms with van der Waals surface area (Å²) in [5.41, 5.74) is 3.28. The van der Waals surface area contributed by atoms with Crippen molar-refractivity contribution in [1.29, 1.82) is 0 Å². The Morgan fingerprint density at radius 3 is 2.29 bits per heavy atom. The van der Waals surface area contributed by atoms with Crippen molar-refractivity contribution in [2.24, 2.45) is 0 Å². The highest BCUT2D eigenvalue weighted by Gasteiger charge is 2.16. The van der Waals surface area contributed by atoms with Gasteiger partial charge in [-0.3, -0.25) is 0 Å². The summed E-state index contributed by atoms with van der Waals surface area (Å²) >= 11 is 4.25. The van der Waals surface area contributed by atoms with Crippen LogP contribution in [0.25, 0.3) is 0 Å². The summed E-state index contributed by atoms with van der Waals surface area (Å²) in [5.74, 6) is 2.60. The van der Waals surface area contributed by atoms with E-state index < -0.39 is 0 Å². The predicted molar refractivity (Wildman–Crippen MR) is 76.1 cm³/mol. The van der Waals surface area contributed by atoms with E-state index in [0.717, 1.165) is 40.6 Å². The molecule has 17 heavy (non-hydrogen) atoms. The Kier molecular flexibility index (Phi) is 5.00. The fourth-order valence-corrected chi connectivity index (χ4v) is 2.17. The Balaban J connectivity index is 3.31. The molecule has 0 heterocycles. The average molecular weight is 255 g/mol. The molecule has 3 nitrogen and oxygen atoms in total. The van der Waals surface area contributed by atoms with Crippen LogP contribution in [-0.4, -0.2) is 33.6 Å². The first-order valence-corrected chi connectivity index (χ1v) is 6.24. The second-order valence-corrected chi connectivity index (χ2v) is 4.47. The van der Waals surface area contributed by atoms with Gasteiger partial charge in [0.05, 0.1) is 19.9 Å². The van der Waals surface area contributed by atoms with Gasteiger partial charge in [-0.05, 0) is 25.0 Å². The first kappa shape index (κ1) is 14.0. The van der Waals surface area contributed by atoms with Crippen molar-refractivity contribution in [1.82, 2.24) is 0 Å². The molecule has 0 radical (unpaired) electrons. The molecular weight excluding hydrogens is 234 g/mol. The third kappa shape index (κ3) is 2.80. The van der Waals surface area contributed by atoms with Crippen LogP contribution in [-0.2, 0) is 0 Å². The van der Waals surface area contributed by atoms with Crippen molar-refractivity contribution in [3.8, 4) is 11.5 Å². The Bertz CT molecular complexity index is 393. The van der Waals surface area contributed by atoms with Crippen LogP contribution >= 0.6 is 12.6 Å². The number of methoxy groups -OCH3 is 2. The van der Waals surface area contributed by atoms with Crippen LogP contribution in [0, 0.1) is 13.8 Å². The topological polar surface area (TPSA) is 21.7 Å². The van der Waals surface area contributed by atoms with Crippen molar-refractivity contribution in [2.45, 2.75) is 13.8 Å². The summed E-state index contributed by atoms with van der Waals surface area (Å²) in [6.07, 6.45) is 0. The molecule has 96 valence electrons. The first-order chi connectivity index (χ1) is 8.06. The number of hydrogen-bond donors (Lipinski definition) is 1. The quantitative estimate of drug-likeness (QED) is 0.818. The maximum Gasteiger partial charge on any atom is 0.145 e. The number of hydrogen-bond acceptors (Lipinski definition) is 4. The van der Waals surface area contributed by atoms with Crippen molar-refractivity contribution in [3.05, 3.63) is 17.2 Å². The Morgan fingerprint density at radius 1 is 1.18 bits per heavy atom. The molecule has 0 aliphatic heterocycles. The molecule has 1 aromatic carbocycles. The lowest BCUT2D eigenvalue weighted by Gasteiger charge is -2.24. The molecule has 0 aliphatic rings. The number of thiol groups is 1. The van der Waals surface area contributed by atoms with Gasteiger partial charge >= 0.3 is 0 Å².